The van der Waals surface area contributed by atoms with Gasteiger partial charge in [0.1, 0.15) is 0 Å². The first kappa shape index (κ1) is 15.7. The van der Waals surface area contributed by atoms with Crippen LogP contribution in [0.1, 0.15) is 19.3 Å². The SMILES string of the molecule is CN(C)S(=O)(=O)N1CCN(C(=O)C2(CN)CCC2)CC1. The quantitative estimate of drug-likeness (QED) is 0.727. The molecule has 0 aromatic rings. The second kappa shape index (κ2) is 5.59. The van der Waals surface area contributed by atoms with Gasteiger partial charge in [-0.1, -0.05) is 6.42 Å². The van der Waals surface area contributed by atoms with Gasteiger partial charge in [0.2, 0.25) is 5.91 Å². The van der Waals surface area contributed by atoms with Crippen LogP contribution in [0.5, 0.6) is 0 Å². The zero-order valence-corrected chi connectivity index (χ0v) is 13.0. The van der Waals surface area contributed by atoms with Gasteiger partial charge >= 0.3 is 0 Å². The third kappa shape index (κ3) is 2.57. The van der Waals surface area contributed by atoms with Crippen molar-refractivity contribution < 1.29 is 13.2 Å². The molecule has 2 fully saturated rings. The number of hydrogen-bond acceptors (Lipinski definition) is 4. The molecule has 1 aliphatic heterocycles. The Morgan fingerprint density at radius 1 is 1.20 bits per heavy atom. The summed E-state index contributed by atoms with van der Waals surface area (Å²) in [7, 11) is -0.341. The molecule has 8 heteroatoms. The van der Waals surface area contributed by atoms with Crippen molar-refractivity contribution in [3.05, 3.63) is 0 Å². The van der Waals surface area contributed by atoms with Crippen molar-refractivity contribution >= 4 is 16.1 Å². The van der Waals surface area contributed by atoms with E-state index in [0.717, 1.165) is 19.3 Å². The number of nitrogens with zero attached hydrogens (tertiary/aromatic N) is 3. The van der Waals surface area contributed by atoms with Gasteiger partial charge in [0.15, 0.2) is 0 Å². The first-order chi connectivity index (χ1) is 9.33. The standard InChI is InChI=1S/C12H24N4O3S/c1-14(2)20(18,19)16-8-6-15(7-9-16)11(17)12(10-13)4-3-5-12/h3-10,13H2,1-2H3. The summed E-state index contributed by atoms with van der Waals surface area (Å²) in [5.41, 5.74) is 5.38. The van der Waals surface area contributed by atoms with E-state index in [4.69, 9.17) is 5.73 Å². The molecule has 2 N–H and O–H groups in total. The number of carbonyl (C=O) groups is 1. The maximum atomic E-state index is 12.5. The summed E-state index contributed by atoms with van der Waals surface area (Å²) in [6.07, 6.45) is 2.77. The second-order valence-electron chi connectivity index (χ2n) is 5.82. The molecule has 1 amide bonds. The van der Waals surface area contributed by atoms with E-state index in [2.05, 4.69) is 0 Å². The van der Waals surface area contributed by atoms with Gasteiger partial charge in [-0.2, -0.15) is 17.0 Å². The lowest BCUT2D eigenvalue weighted by Gasteiger charge is -2.45. The highest BCUT2D eigenvalue weighted by atomic mass is 32.2. The molecule has 0 radical (unpaired) electrons. The van der Waals surface area contributed by atoms with Crippen LogP contribution in [0.3, 0.4) is 0 Å². The Hall–Kier alpha value is -0.700. The lowest BCUT2D eigenvalue weighted by molar-refractivity contribution is -0.147. The van der Waals surface area contributed by atoms with Crippen LogP contribution in [0.15, 0.2) is 0 Å². The van der Waals surface area contributed by atoms with Crippen molar-refractivity contribution in [1.82, 2.24) is 13.5 Å². The Morgan fingerprint density at radius 3 is 2.10 bits per heavy atom. The largest absolute Gasteiger partial charge is 0.340 e. The van der Waals surface area contributed by atoms with E-state index >= 15 is 0 Å². The van der Waals surface area contributed by atoms with E-state index in [9.17, 15) is 13.2 Å². The number of hydrogen-bond donors (Lipinski definition) is 1. The van der Waals surface area contributed by atoms with Crippen molar-refractivity contribution in [3.8, 4) is 0 Å². The Labute approximate surface area is 120 Å². The van der Waals surface area contributed by atoms with Crippen LogP contribution >= 0.6 is 0 Å². The van der Waals surface area contributed by atoms with Gasteiger partial charge in [-0.05, 0) is 12.8 Å². The molecule has 0 atom stereocenters. The zero-order chi connectivity index (χ0) is 15.0. The fourth-order valence-corrected chi connectivity index (χ4v) is 3.88. The summed E-state index contributed by atoms with van der Waals surface area (Å²) >= 11 is 0. The molecule has 0 bridgehead atoms. The minimum absolute atomic E-state index is 0.105. The fourth-order valence-electron chi connectivity index (χ4n) is 2.80. The second-order valence-corrected chi connectivity index (χ2v) is 7.96. The first-order valence-corrected chi connectivity index (χ1v) is 8.40. The lowest BCUT2D eigenvalue weighted by Crippen LogP contribution is -2.58. The molecule has 0 aromatic heterocycles. The topological polar surface area (TPSA) is 87.0 Å². The summed E-state index contributed by atoms with van der Waals surface area (Å²) in [5, 5.41) is 0. The first-order valence-electron chi connectivity index (χ1n) is 7.00. The Bertz CT molecular complexity index is 460. The van der Waals surface area contributed by atoms with E-state index in [0.29, 0.717) is 32.7 Å². The molecular formula is C12H24N4O3S. The molecule has 0 unspecified atom stereocenters. The molecule has 0 spiro atoms. The van der Waals surface area contributed by atoms with Gasteiger partial charge in [-0.25, -0.2) is 0 Å². The summed E-state index contributed by atoms with van der Waals surface area (Å²) in [6, 6.07) is 0. The minimum atomic E-state index is -3.38. The van der Waals surface area contributed by atoms with E-state index in [1.807, 2.05) is 0 Å². The van der Waals surface area contributed by atoms with Gasteiger partial charge in [0, 0.05) is 46.8 Å². The molecule has 1 saturated carbocycles. The number of nitrogens with two attached hydrogens (primary N) is 1. The molecule has 1 aliphatic carbocycles. The maximum absolute atomic E-state index is 12.5. The van der Waals surface area contributed by atoms with Crippen LogP contribution < -0.4 is 5.73 Å². The van der Waals surface area contributed by atoms with E-state index < -0.39 is 10.2 Å². The molecular weight excluding hydrogens is 280 g/mol. The highest BCUT2D eigenvalue weighted by molar-refractivity contribution is 7.86. The molecule has 1 saturated heterocycles. The van der Waals surface area contributed by atoms with Crippen LogP contribution in [0.2, 0.25) is 0 Å². The van der Waals surface area contributed by atoms with Crippen LogP contribution in [0.4, 0.5) is 0 Å². The monoisotopic (exact) mass is 304 g/mol. The van der Waals surface area contributed by atoms with E-state index in [-0.39, 0.29) is 11.3 Å². The third-order valence-corrected chi connectivity index (χ3v) is 6.41. The summed E-state index contributed by atoms with van der Waals surface area (Å²) < 4.78 is 26.7. The predicted molar refractivity (Wildman–Crippen MR) is 76.1 cm³/mol. The van der Waals surface area contributed by atoms with Gasteiger partial charge in [0.25, 0.3) is 10.2 Å². The highest BCUT2D eigenvalue weighted by Crippen LogP contribution is 2.41. The molecule has 116 valence electrons. The maximum Gasteiger partial charge on any atom is 0.281 e. The molecule has 2 rings (SSSR count). The van der Waals surface area contributed by atoms with Gasteiger partial charge in [0.05, 0.1) is 5.41 Å². The van der Waals surface area contributed by atoms with Crippen LogP contribution in [0.25, 0.3) is 0 Å². The van der Waals surface area contributed by atoms with Crippen molar-refractivity contribution in [1.29, 1.82) is 0 Å². The van der Waals surface area contributed by atoms with Crippen LogP contribution in [-0.4, -0.2) is 74.7 Å². The Morgan fingerprint density at radius 2 is 1.75 bits per heavy atom. The Balaban J connectivity index is 1.97. The van der Waals surface area contributed by atoms with E-state index in [1.54, 1.807) is 4.90 Å². The van der Waals surface area contributed by atoms with Crippen molar-refractivity contribution in [2.24, 2.45) is 11.1 Å². The minimum Gasteiger partial charge on any atom is -0.340 e. The third-order valence-electron chi connectivity index (χ3n) is 4.47. The average molecular weight is 304 g/mol. The number of rotatable bonds is 4. The number of amides is 1. The van der Waals surface area contributed by atoms with Crippen molar-refractivity contribution in [3.63, 3.8) is 0 Å². The normalized spacial score (nSPS) is 23.7. The van der Waals surface area contributed by atoms with Crippen LogP contribution in [0, 0.1) is 5.41 Å². The lowest BCUT2D eigenvalue weighted by atomic mass is 9.67. The molecule has 1 heterocycles. The zero-order valence-electron chi connectivity index (χ0n) is 12.2. The Kier molecular flexibility index (Phi) is 4.38. The van der Waals surface area contributed by atoms with Crippen molar-refractivity contribution in [2.45, 2.75) is 19.3 Å². The molecule has 2 aliphatic rings. The van der Waals surface area contributed by atoms with Crippen molar-refractivity contribution in [2.75, 3.05) is 46.8 Å². The average Bonchev–Trinajstić information content (AvgIpc) is 2.38. The summed E-state index contributed by atoms with van der Waals surface area (Å²) in [5.74, 6) is 0.105. The summed E-state index contributed by atoms with van der Waals surface area (Å²) in [4.78, 5) is 14.3. The van der Waals surface area contributed by atoms with Gasteiger partial charge < -0.3 is 10.6 Å². The molecule has 20 heavy (non-hydrogen) atoms. The van der Waals surface area contributed by atoms with Gasteiger partial charge in [-0.3, -0.25) is 4.79 Å². The smallest absolute Gasteiger partial charge is 0.281 e. The van der Waals surface area contributed by atoms with Gasteiger partial charge in [-0.15, -0.1) is 0 Å². The van der Waals surface area contributed by atoms with E-state index in [1.165, 1.54) is 22.7 Å². The fraction of sp³-hybridized carbons (Fsp3) is 0.917. The highest BCUT2D eigenvalue weighted by Gasteiger charge is 2.46. The van der Waals surface area contributed by atoms with Crippen LogP contribution in [-0.2, 0) is 15.0 Å². The summed E-state index contributed by atoms with van der Waals surface area (Å²) in [6.45, 7) is 2.00. The predicted octanol–water partition coefficient (Wildman–Crippen LogP) is -0.934. The number of piperazine rings is 1. The molecule has 0 aromatic carbocycles. The molecule has 7 nitrogen and oxygen atoms in total. The number of carbonyl (C=O) groups excluding carboxylic acids is 1.